The van der Waals surface area contributed by atoms with E-state index < -0.39 is 5.97 Å². The van der Waals surface area contributed by atoms with Crippen LogP contribution in [-0.2, 0) is 6.16 Å². The molecule has 0 spiro atoms. The highest BCUT2D eigenvalue weighted by Crippen LogP contribution is 2.14. The van der Waals surface area contributed by atoms with E-state index >= 15 is 0 Å². The van der Waals surface area contributed by atoms with Gasteiger partial charge in [-0.2, -0.15) is 0 Å². The van der Waals surface area contributed by atoms with Crippen molar-refractivity contribution in [2.45, 2.75) is 6.16 Å². The van der Waals surface area contributed by atoms with Crippen molar-refractivity contribution in [1.29, 1.82) is 0 Å². The number of aromatic carboxylic acids is 1. The summed E-state index contributed by atoms with van der Waals surface area (Å²) in [5.41, 5.74) is 1.78. The monoisotopic (exact) mass is 208 g/mol. The van der Waals surface area contributed by atoms with Crippen LogP contribution in [0, 0.1) is 0 Å². The Hall–Kier alpha value is -1.41. The van der Waals surface area contributed by atoms with Crippen LogP contribution in [0.4, 0.5) is 0 Å². The summed E-state index contributed by atoms with van der Waals surface area (Å²) >= 11 is 0. The molecule has 0 aromatic carbocycles. The Morgan fingerprint density at radius 2 is 2.29 bits per heavy atom. The van der Waals surface area contributed by atoms with E-state index in [1.165, 1.54) is 6.20 Å². The van der Waals surface area contributed by atoms with Crippen LogP contribution in [0.1, 0.15) is 16.3 Å². The van der Waals surface area contributed by atoms with Gasteiger partial charge in [-0.1, -0.05) is 0 Å². The van der Waals surface area contributed by atoms with Crippen molar-refractivity contribution in [1.82, 2.24) is 9.38 Å². The van der Waals surface area contributed by atoms with Crippen LogP contribution in [0.3, 0.4) is 0 Å². The van der Waals surface area contributed by atoms with E-state index in [1.54, 1.807) is 10.5 Å². The largest absolute Gasteiger partial charge is 0.475 e. The lowest BCUT2D eigenvalue weighted by Crippen LogP contribution is -2.09. The van der Waals surface area contributed by atoms with Crippen LogP contribution in [0.25, 0.3) is 5.52 Å². The van der Waals surface area contributed by atoms with E-state index in [4.69, 9.17) is 5.11 Å². The summed E-state index contributed by atoms with van der Waals surface area (Å²) in [7, 11) is 2.57. The predicted octanol–water partition coefficient (Wildman–Crippen LogP) is 1.41. The molecule has 0 bridgehead atoms. The predicted molar refractivity (Wildman–Crippen MR) is 55.6 cm³/mol. The second-order valence-corrected chi connectivity index (χ2v) is 3.27. The number of hydrogen-bond donors (Lipinski definition) is 1. The summed E-state index contributed by atoms with van der Waals surface area (Å²) in [6.45, 7) is 0. The molecular weight excluding hydrogens is 199 g/mol. The Morgan fingerprint density at radius 1 is 1.50 bits per heavy atom. The summed E-state index contributed by atoms with van der Waals surface area (Å²) in [6.07, 6.45) is 2.21. The summed E-state index contributed by atoms with van der Waals surface area (Å²) in [6, 6.07) is 5.57. The van der Waals surface area contributed by atoms with Gasteiger partial charge in [-0.25, -0.2) is 9.78 Å². The van der Waals surface area contributed by atoms with Crippen LogP contribution in [0.2, 0.25) is 0 Å². The Morgan fingerprint density at radius 3 is 2.93 bits per heavy atom. The van der Waals surface area contributed by atoms with Crippen LogP contribution in [0.15, 0.2) is 24.4 Å². The molecule has 0 aliphatic heterocycles. The molecule has 0 radical (unpaired) electrons. The Kier molecular flexibility index (Phi) is 2.22. The number of carbonyl (C=O) groups is 1. The Bertz CT molecular complexity index is 493. The second kappa shape index (κ2) is 3.39. The molecule has 2 aromatic rings. The Balaban J connectivity index is 2.81. The minimum atomic E-state index is -1.01. The highest BCUT2D eigenvalue weighted by atomic mass is 31.0. The standard InChI is InChI=1S/C9H9N2O2P/c12-9(13)8-10-4-3-6-1-2-7(5-14)11(6)8/h1-4H,5,14H2,(H,12,13). The molecule has 0 aliphatic rings. The maximum atomic E-state index is 10.9. The van der Waals surface area contributed by atoms with Gasteiger partial charge in [0.25, 0.3) is 0 Å². The number of hydrogen-bond acceptors (Lipinski definition) is 2. The van der Waals surface area contributed by atoms with Crippen molar-refractivity contribution in [2.24, 2.45) is 0 Å². The van der Waals surface area contributed by atoms with Gasteiger partial charge in [-0.05, 0) is 18.2 Å². The van der Waals surface area contributed by atoms with Gasteiger partial charge < -0.3 is 5.11 Å². The average molecular weight is 208 g/mol. The SMILES string of the molecule is O=C(O)c1nccc2ccc(CP)n12. The van der Waals surface area contributed by atoms with Crippen molar-refractivity contribution in [3.63, 3.8) is 0 Å². The smallest absolute Gasteiger partial charge is 0.372 e. The summed E-state index contributed by atoms with van der Waals surface area (Å²) in [5.74, 6) is -0.948. The highest BCUT2D eigenvalue weighted by molar-refractivity contribution is 7.15. The lowest BCUT2D eigenvalue weighted by molar-refractivity contribution is 0.0681. The maximum Gasteiger partial charge on any atom is 0.372 e. The summed E-state index contributed by atoms with van der Waals surface area (Å²) < 4.78 is 1.65. The van der Waals surface area contributed by atoms with Crippen molar-refractivity contribution in [3.05, 3.63) is 35.9 Å². The molecule has 14 heavy (non-hydrogen) atoms. The van der Waals surface area contributed by atoms with Crippen LogP contribution in [0.5, 0.6) is 0 Å². The maximum absolute atomic E-state index is 10.9. The van der Waals surface area contributed by atoms with Gasteiger partial charge in [0.1, 0.15) is 0 Å². The van der Waals surface area contributed by atoms with E-state index in [1.807, 2.05) is 12.1 Å². The molecule has 2 heterocycles. The van der Waals surface area contributed by atoms with Gasteiger partial charge >= 0.3 is 5.97 Å². The molecule has 2 rings (SSSR count). The van der Waals surface area contributed by atoms with Crippen LogP contribution >= 0.6 is 9.24 Å². The van der Waals surface area contributed by atoms with E-state index in [0.717, 1.165) is 11.2 Å². The van der Waals surface area contributed by atoms with Gasteiger partial charge in [-0.15, -0.1) is 9.24 Å². The quantitative estimate of drug-likeness (QED) is 0.759. The minimum absolute atomic E-state index is 0.0601. The van der Waals surface area contributed by atoms with Crippen LogP contribution < -0.4 is 0 Å². The highest BCUT2D eigenvalue weighted by Gasteiger charge is 2.11. The van der Waals surface area contributed by atoms with Crippen molar-refractivity contribution < 1.29 is 9.90 Å². The summed E-state index contributed by atoms with van der Waals surface area (Å²) in [4.78, 5) is 14.7. The van der Waals surface area contributed by atoms with E-state index in [9.17, 15) is 4.79 Å². The topological polar surface area (TPSA) is 54.6 Å². The lowest BCUT2D eigenvalue weighted by Gasteiger charge is -2.03. The van der Waals surface area contributed by atoms with E-state index in [2.05, 4.69) is 14.2 Å². The average Bonchev–Trinajstić information content (AvgIpc) is 2.59. The number of aromatic nitrogens is 2. The van der Waals surface area contributed by atoms with Crippen molar-refractivity contribution in [2.75, 3.05) is 0 Å². The second-order valence-electron chi connectivity index (χ2n) is 2.86. The zero-order valence-corrected chi connectivity index (χ0v) is 8.50. The zero-order chi connectivity index (χ0) is 10.1. The Labute approximate surface area is 82.8 Å². The third kappa shape index (κ3) is 1.28. The third-order valence-electron chi connectivity index (χ3n) is 2.05. The van der Waals surface area contributed by atoms with Crippen LogP contribution in [-0.4, -0.2) is 20.5 Å². The first-order chi connectivity index (χ1) is 6.74. The number of fused-ring (bicyclic) bond motifs is 1. The summed E-state index contributed by atoms with van der Waals surface area (Å²) in [5, 5.41) is 8.93. The first-order valence-corrected chi connectivity index (χ1v) is 4.94. The fourth-order valence-electron chi connectivity index (χ4n) is 1.44. The number of carboxylic acid groups (broad SMARTS) is 1. The molecule has 0 saturated carbocycles. The van der Waals surface area contributed by atoms with E-state index in [0.29, 0.717) is 6.16 Å². The molecule has 1 atom stereocenters. The number of rotatable bonds is 2. The van der Waals surface area contributed by atoms with Crippen molar-refractivity contribution >= 4 is 20.7 Å². The van der Waals surface area contributed by atoms with Gasteiger partial charge in [0.2, 0.25) is 5.82 Å². The first-order valence-electron chi connectivity index (χ1n) is 4.12. The molecular formula is C9H9N2O2P. The fourth-order valence-corrected chi connectivity index (χ4v) is 1.76. The van der Waals surface area contributed by atoms with Gasteiger partial charge in [0, 0.05) is 23.6 Å². The molecule has 1 unspecified atom stereocenters. The van der Waals surface area contributed by atoms with Gasteiger partial charge in [0.15, 0.2) is 0 Å². The molecule has 0 amide bonds. The number of nitrogens with zero attached hydrogens (tertiary/aromatic N) is 2. The minimum Gasteiger partial charge on any atom is -0.475 e. The molecule has 2 aromatic heterocycles. The molecule has 4 nitrogen and oxygen atoms in total. The van der Waals surface area contributed by atoms with E-state index in [-0.39, 0.29) is 5.82 Å². The first kappa shape index (κ1) is 9.16. The normalized spacial score (nSPS) is 10.6. The van der Waals surface area contributed by atoms with Gasteiger partial charge in [0.05, 0.1) is 0 Å². The molecule has 1 N–H and O–H groups in total. The molecule has 0 fully saturated rings. The number of carboxylic acids is 1. The van der Waals surface area contributed by atoms with Crippen molar-refractivity contribution in [3.8, 4) is 0 Å². The molecule has 0 saturated heterocycles. The molecule has 0 aliphatic carbocycles. The lowest BCUT2D eigenvalue weighted by atomic mass is 10.4. The third-order valence-corrected chi connectivity index (χ3v) is 2.46. The molecule has 72 valence electrons. The fraction of sp³-hybridized carbons (Fsp3) is 0.111. The molecule has 5 heteroatoms. The van der Waals surface area contributed by atoms with Gasteiger partial charge in [-0.3, -0.25) is 4.40 Å². The zero-order valence-electron chi connectivity index (χ0n) is 7.34.